The lowest BCUT2D eigenvalue weighted by Crippen LogP contribution is -2.12. The number of hydrogen-bond donors (Lipinski definition) is 0. The molecule has 0 heterocycles. The maximum atomic E-state index is 10.9. The van der Waals surface area contributed by atoms with Crippen LogP contribution in [-0.4, -0.2) is 30.5 Å². The van der Waals surface area contributed by atoms with Gasteiger partial charge in [0.25, 0.3) is 0 Å². The molecule has 0 bridgehead atoms. The van der Waals surface area contributed by atoms with Gasteiger partial charge in [0.15, 0.2) is 0 Å². The summed E-state index contributed by atoms with van der Waals surface area (Å²) in [6.07, 6.45) is 1.44. The molecule has 0 unspecified atom stereocenters. The standard InChI is InChI=1S/C6H12I2O4S/c7-3-1-5-11-13(9,10)12-6-2-4-8/h1-6H2. The minimum Gasteiger partial charge on any atom is -0.248 e. The van der Waals surface area contributed by atoms with Crippen molar-refractivity contribution in [2.75, 3.05) is 22.1 Å². The van der Waals surface area contributed by atoms with Gasteiger partial charge in [0.05, 0.1) is 13.2 Å². The van der Waals surface area contributed by atoms with Gasteiger partial charge in [-0.05, 0) is 12.8 Å². The van der Waals surface area contributed by atoms with E-state index >= 15 is 0 Å². The third-order valence-electron chi connectivity index (χ3n) is 1.01. The average molecular weight is 434 g/mol. The average Bonchev–Trinajstić information content (AvgIpc) is 2.05. The Morgan fingerprint density at radius 2 is 1.31 bits per heavy atom. The highest BCUT2D eigenvalue weighted by atomic mass is 127. The summed E-state index contributed by atoms with van der Waals surface area (Å²) in [7, 11) is -3.73. The summed E-state index contributed by atoms with van der Waals surface area (Å²) in [5.41, 5.74) is 0. The largest absolute Gasteiger partial charge is 0.399 e. The van der Waals surface area contributed by atoms with E-state index in [0.29, 0.717) is 0 Å². The van der Waals surface area contributed by atoms with Gasteiger partial charge in [-0.2, -0.15) is 8.42 Å². The van der Waals surface area contributed by atoms with E-state index < -0.39 is 10.4 Å². The van der Waals surface area contributed by atoms with Crippen molar-refractivity contribution < 1.29 is 16.8 Å². The summed E-state index contributed by atoms with van der Waals surface area (Å²) in [6, 6.07) is 0. The van der Waals surface area contributed by atoms with Crippen LogP contribution >= 0.6 is 45.2 Å². The summed E-state index contributed by atoms with van der Waals surface area (Å²) < 4.78 is 32.7. The van der Waals surface area contributed by atoms with Crippen molar-refractivity contribution in [1.29, 1.82) is 0 Å². The predicted octanol–water partition coefficient (Wildman–Crippen LogP) is 1.91. The van der Waals surface area contributed by atoms with Crippen LogP contribution in [0.1, 0.15) is 12.8 Å². The normalized spacial score (nSPS) is 11.8. The zero-order valence-electron chi connectivity index (χ0n) is 7.04. The minimum atomic E-state index is -3.73. The van der Waals surface area contributed by atoms with Gasteiger partial charge in [0, 0.05) is 8.86 Å². The molecule has 7 heteroatoms. The van der Waals surface area contributed by atoms with Crippen molar-refractivity contribution in [2.24, 2.45) is 0 Å². The van der Waals surface area contributed by atoms with Crippen molar-refractivity contribution in [3.05, 3.63) is 0 Å². The second kappa shape index (κ2) is 8.62. The van der Waals surface area contributed by atoms with E-state index in [1.165, 1.54) is 0 Å². The van der Waals surface area contributed by atoms with Gasteiger partial charge in [-0.15, -0.1) is 0 Å². The zero-order chi connectivity index (χ0) is 10.2. The van der Waals surface area contributed by atoms with E-state index in [0.717, 1.165) is 21.7 Å². The maximum Gasteiger partial charge on any atom is 0.399 e. The molecule has 0 aliphatic rings. The van der Waals surface area contributed by atoms with Gasteiger partial charge in [0.1, 0.15) is 0 Å². The molecule has 0 fully saturated rings. The van der Waals surface area contributed by atoms with Gasteiger partial charge in [0.2, 0.25) is 0 Å². The summed E-state index contributed by atoms with van der Waals surface area (Å²) in [5, 5.41) is 0. The smallest absolute Gasteiger partial charge is 0.248 e. The van der Waals surface area contributed by atoms with Crippen LogP contribution in [0.5, 0.6) is 0 Å². The van der Waals surface area contributed by atoms with Crippen molar-refractivity contribution in [3.63, 3.8) is 0 Å². The molecule has 0 N–H and O–H groups in total. The van der Waals surface area contributed by atoms with Crippen LogP contribution in [0.2, 0.25) is 0 Å². The van der Waals surface area contributed by atoms with Crippen molar-refractivity contribution in [2.45, 2.75) is 12.8 Å². The Hall–Kier alpha value is 1.33. The predicted molar refractivity (Wildman–Crippen MR) is 67.8 cm³/mol. The molecule has 0 atom stereocenters. The Morgan fingerprint density at radius 1 is 0.923 bits per heavy atom. The van der Waals surface area contributed by atoms with E-state index in [4.69, 9.17) is 0 Å². The SMILES string of the molecule is O=S(=O)(OCCCI)OCCCI. The summed E-state index contributed by atoms with van der Waals surface area (Å²) >= 11 is 4.31. The molecule has 4 nitrogen and oxygen atoms in total. The van der Waals surface area contributed by atoms with E-state index in [9.17, 15) is 8.42 Å². The van der Waals surface area contributed by atoms with Crippen LogP contribution in [-0.2, 0) is 18.8 Å². The van der Waals surface area contributed by atoms with Crippen LogP contribution in [0.3, 0.4) is 0 Å². The molecule has 80 valence electrons. The van der Waals surface area contributed by atoms with Crippen molar-refractivity contribution in [1.82, 2.24) is 0 Å². The van der Waals surface area contributed by atoms with Gasteiger partial charge in [-0.1, -0.05) is 45.2 Å². The molecule has 0 rings (SSSR count). The van der Waals surface area contributed by atoms with Crippen LogP contribution in [0.25, 0.3) is 0 Å². The van der Waals surface area contributed by atoms with Crippen LogP contribution < -0.4 is 0 Å². The molecular formula is C6H12I2O4S. The van der Waals surface area contributed by atoms with E-state index in [-0.39, 0.29) is 13.2 Å². The summed E-state index contributed by atoms with van der Waals surface area (Å²) in [4.78, 5) is 0. The molecule has 0 aliphatic carbocycles. The monoisotopic (exact) mass is 434 g/mol. The quantitative estimate of drug-likeness (QED) is 0.333. The fraction of sp³-hybridized carbons (Fsp3) is 1.00. The Bertz CT molecular complexity index is 189. The molecule has 0 aromatic rings. The first-order valence-electron chi connectivity index (χ1n) is 3.78. The van der Waals surface area contributed by atoms with Crippen molar-refractivity contribution in [3.8, 4) is 0 Å². The van der Waals surface area contributed by atoms with Crippen LogP contribution in [0.15, 0.2) is 0 Å². The lowest BCUT2D eigenvalue weighted by molar-refractivity contribution is 0.216. The third kappa shape index (κ3) is 9.63. The number of hydrogen-bond acceptors (Lipinski definition) is 4. The van der Waals surface area contributed by atoms with E-state index in [1.54, 1.807) is 0 Å². The lowest BCUT2D eigenvalue weighted by atomic mass is 10.5. The molecule has 0 spiro atoms. The summed E-state index contributed by atoms with van der Waals surface area (Å²) in [5.74, 6) is 0. The molecule has 0 saturated carbocycles. The molecule has 0 radical (unpaired) electrons. The highest BCUT2D eigenvalue weighted by Crippen LogP contribution is 2.00. The second-order valence-electron chi connectivity index (χ2n) is 2.14. The first-order valence-corrected chi connectivity index (χ1v) is 8.16. The van der Waals surface area contributed by atoms with E-state index in [2.05, 4.69) is 53.5 Å². The van der Waals surface area contributed by atoms with Crippen LogP contribution in [0.4, 0.5) is 0 Å². The van der Waals surface area contributed by atoms with Crippen LogP contribution in [0, 0.1) is 0 Å². The number of rotatable bonds is 8. The topological polar surface area (TPSA) is 52.6 Å². The molecular weight excluding hydrogens is 422 g/mol. The molecule has 0 aromatic heterocycles. The Kier molecular flexibility index (Phi) is 9.51. The number of halogens is 2. The van der Waals surface area contributed by atoms with Gasteiger partial charge in [-0.3, -0.25) is 0 Å². The highest BCUT2D eigenvalue weighted by molar-refractivity contribution is 14.1. The highest BCUT2D eigenvalue weighted by Gasteiger charge is 2.10. The number of alkyl halides is 2. The van der Waals surface area contributed by atoms with Gasteiger partial charge >= 0.3 is 10.4 Å². The summed E-state index contributed by atoms with van der Waals surface area (Å²) in [6.45, 7) is 0.408. The molecule has 0 amide bonds. The second-order valence-corrected chi connectivity index (χ2v) is 5.58. The molecule has 0 aliphatic heterocycles. The third-order valence-corrected chi connectivity index (χ3v) is 3.45. The fourth-order valence-electron chi connectivity index (χ4n) is 0.465. The van der Waals surface area contributed by atoms with E-state index in [1.807, 2.05) is 0 Å². The molecule has 13 heavy (non-hydrogen) atoms. The lowest BCUT2D eigenvalue weighted by Gasteiger charge is -2.03. The first-order chi connectivity index (χ1) is 6.12. The Labute approximate surface area is 106 Å². The molecule has 0 saturated heterocycles. The Morgan fingerprint density at radius 3 is 1.62 bits per heavy atom. The van der Waals surface area contributed by atoms with Gasteiger partial charge in [-0.25, -0.2) is 8.37 Å². The molecule has 0 aromatic carbocycles. The minimum absolute atomic E-state index is 0.204. The Balaban J connectivity index is 3.55. The zero-order valence-corrected chi connectivity index (χ0v) is 12.2. The first kappa shape index (κ1) is 14.3. The maximum absolute atomic E-state index is 10.9. The van der Waals surface area contributed by atoms with Gasteiger partial charge < -0.3 is 0 Å². The fourth-order valence-corrected chi connectivity index (χ4v) is 1.80. The van der Waals surface area contributed by atoms with Crippen molar-refractivity contribution >= 4 is 55.6 Å².